The highest BCUT2D eigenvalue weighted by atomic mass is 16.4. The van der Waals surface area contributed by atoms with Gasteiger partial charge in [0.1, 0.15) is 5.75 Å². The molecule has 0 amide bonds. The van der Waals surface area contributed by atoms with Crippen LogP contribution in [-0.4, -0.2) is 35.2 Å². The van der Waals surface area contributed by atoms with Gasteiger partial charge in [-0.3, -0.25) is 4.79 Å². The SMILES string of the molecule is Cc1cc(CN(C)C)c(O)c(C2(C(=O)O)CC2)c1. The normalized spacial score (nSPS) is 16.9. The molecule has 0 heterocycles. The van der Waals surface area contributed by atoms with Crippen molar-refractivity contribution in [1.29, 1.82) is 0 Å². The first-order valence-electron chi connectivity index (χ1n) is 6.08. The Labute approximate surface area is 107 Å². The molecule has 1 saturated carbocycles. The van der Waals surface area contributed by atoms with Crippen molar-refractivity contribution in [2.75, 3.05) is 14.1 Å². The highest BCUT2D eigenvalue weighted by molar-refractivity contribution is 5.86. The number of carboxylic acids is 1. The van der Waals surface area contributed by atoms with E-state index in [0.717, 1.165) is 11.1 Å². The van der Waals surface area contributed by atoms with Gasteiger partial charge in [0, 0.05) is 17.7 Å². The van der Waals surface area contributed by atoms with Crippen LogP contribution in [0.1, 0.15) is 29.5 Å². The zero-order valence-electron chi connectivity index (χ0n) is 11.0. The Hall–Kier alpha value is -1.55. The van der Waals surface area contributed by atoms with Crippen LogP contribution in [0.25, 0.3) is 0 Å². The maximum absolute atomic E-state index is 11.4. The first-order valence-corrected chi connectivity index (χ1v) is 6.08. The van der Waals surface area contributed by atoms with Crippen molar-refractivity contribution < 1.29 is 15.0 Å². The molecule has 1 aromatic carbocycles. The highest BCUT2D eigenvalue weighted by Gasteiger charge is 2.53. The van der Waals surface area contributed by atoms with E-state index in [0.29, 0.717) is 24.9 Å². The number of aromatic hydroxyl groups is 1. The molecule has 1 aromatic rings. The summed E-state index contributed by atoms with van der Waals surface area (Å²) in [5.41, 5.74) is 1.51. The van der Waals surface area contributed by atoms with Crippen LogP contribution in [-0.2, 0) is 16.8 Å². The van der Waals surface area contributed by atoms with Crippen LogP contribution in [0.3, 0.4) is 0 Å². The first-order chi connectivity index (χ1) is 8.36. The van der Waals surface area contributed by atoms with E-state index < -0.39 is 11.4 Å². The van der Waals surface area contributed by atoms with Crippen LogP contribution in [0, 0.1) is 6.92 Å². The predicted octanol–water partition coefficient (Wildman–Crippen LogP) is 1.88. The maximum atomic E-state index is 11.4. The molecular formula is C14H19NO3. The van der Waals surface area contributed by atoms with Crippen molar-refractivity contribution in [2.24, 2.45) is 0 Å². The molecule has 0 spiro atoms. The van der Waals surface area contributed by atoms with Gasteiger partial charge in [0.05, 0.1) is 5.41 Å². The molecule has 0 unspecified atom stereocenters. The molecule has 98 valence electrons. The average Bonchev–Trinajstić information content (AvgIpc) is 3.03. The second-order valence-electron chi connectivity index (χ2n) is 5.45. The Balaban J connectivity index is 2.49. The standard InChI is InChI=1S/C14H19NO3/c1-9-6-10(8-15(2)3)12(16)11(7-9)14(4-5-14)13(17)18/h6-7,16H,4-5,8H2,1-3H3,(H,17,18). The molecule has 0 saturated heterocycles. The van der Waals surface area contributed by atoms with E-state index in [1.54, 1.807) is 6.07 Å². The number of phenols is 1. The summed E-state index contributed by atoms with van der Waals surface area (Å²) in [6.07, 6.45) is 1.22. The summed E-state index contributed by atoms with van der Waals surface area (Å²) in [5, 5.41) is 19.6. The predicted molar refractivity (Wildman–Crippen MR) is 68.8 cm³/mol. The third kappa shape index (κ3) is 2.08. The van der Waals surface area contributed by atoms with Gasteiger partial charge >= 0.3 is 5.97 Å². The summed E-state index contributed by atoms with van der Waals surface area (Å²) in [7, 11) is 3.84. The number of nitrogens with zero attached hydrogens (tertiary/aromatic N) is 1. The van der Waals surface area contributed by atoms with Gasteiger partial charge in [-0.15, -0.1) is 0 Å². The molecule has 1 fully saturated rings. The minimum atomic E-state index is -0.850. The lowest BCUT2D eigenvalue weighted by atomic mass is 9.91. The number of phenolic OH excluding ortho intramolecular Hbond substituents is 1. The fourth-order valence-corrected chi connectivity index (χ4v) is 2.40. The molecule has 18 heavy (non-hydrogen) atoms. The van der Waals surface area contributed by atoms with Crippen molar-refractivity contribution in [1.82, 2.24) is 4.90 Å². The van der Waals surface area contributed by atoms with Crippen molar-refractivity contribution in [3.8, 4) is 5.75 Å². The van der Waals surface area contributed by atoms with Crippen LogP contribution in [0.5, 0.6) is 5.75 Å². The minimum Gasteiger partial charge on any atom is -0.507 e. The van der Waals surface area contributed by atoms with Gasteiger partial charge in [-0.1, -0.05) is 17.7 Å². The van der Waals surface area contributed by atoms with Gasteiger partial charge in [0.25, 0.3) is 0 Å². The van der Waals surface area contributed by atoms with E-state index in [4.69, 9.17) is 0 Å². The molecule has 0 bridgehead atoms. The Morgan fingerprint density at radius 2 is 2.00 bits per heavy atom. The smallest absolute Gasteiger partial charge is 0.314 e. The summed E-state index contributed by atoms with van der Waals surface area (Å²) in [5.74, 6) is -0.687. The summed E-state index contributed by atoms with van der Waals surface area (Å²) in [6.45, 7) is 2.54. The third-order valence-corrected chi connectivity index (χ3v) is 3.49. The fourth-order valence-electron chi connectivity index (χ4n) is 2.40. The fraction of sp³-hybridized carbons (Fsp3) is 0.500. The third-order valence-electron chi connectivity index (χ3n) is 3.49. The molecule has 1 aliphatic rings. The van der Waals surface area contributed by atoms with Gasteiger partial charge in [0.2, 0.25) is 0 Å². The monoisotopic (exact) mass is 249 g/mol. The summed E-state index contributed by atoms with van der Waals surface area (Å²) < 4.78 is 0. The van der Waals surface area contributed by atoms with Crippen molar-refractivity contribution in [3.05, 3.63) is 28.8 Å². The molecule has 4 heteroatoms. The van der Waals surface area contributed by atoms with E-state index in [-0.39, 0.29) is 5.75 Å². The zero-order valence-corrected chi connectivity index (χ0v) is 11.0. The van der Waals surface area contributed by atoms with Crippen LogP contribution < -0.4 is 0 Å². The van der Waals surface area contributed by atoms with Crippen LogP contribution >= 0.6 is 0 Å². The number of aliphatic carboxylic acids is 1. The van der Waals surface area contributed by atoms with Crippen LogP contribution in [0.2, 0.25) is 0 Å². The topological polar surface area (TPSA) is 60.8 Å². The lowest BCUT2D eigenvalue weighted by molar-refractivity contribution is -0.140. The Morgan fingerprint density at radius 1 is 1.39 bits per heavy atom. The summed E-state index contributed by atoms with van der Waals surface area (Å²) in [6, 6.07) is 3.71. The van der Waals surface area contributed by atoms with Gasteiger partial charge in [-0.25, -0.2) is 0 Å². The molecule has 2 N–H and O–H groups in total. The van der Waals surface area contributed by atoms with Crippen molar-refractivity contribution in [3.63, 3.8) is 0 Å². The van der Waals surface area contributed by atoms with E-state index >= 15 is 0 Å². The first kappa shape index (κ1) is 12.9. The second kappa shape index (κ2) is 4.28. The number of carboxylic acid groups (broad SMARTS) is 1. The van der Waals surface area contributed by atoms with Crippen molar-refractivity contribution >= 4 is 5.97 Å². The number of hydrogen-bond acceptors (Lipinski definition) is 3. The molecule has 4 nitrogen and oxygen atoms in total. The van der Waals surface area contributed by atoms with E-state index in [1.807, 2.05) is 32.0 Å². The van der Waals surface area contributed by atoms with Gasteiger partial charge in [0.15, 0.2) is 0 Å². The largest absolute Gasteiger partial charge is 0.507 e. The zero-order chi connectivity index (χ0) is 13.5. The maximum Gasteiger partial charge on any atom is 0.314 e. The van der Waals surface area contributed by atoms with E-state index in [1.165, 1.54) is 0 Å². The lowest BCUT2D eigenvalue weighted by Gasteiger charge is -2.18. The molecule has 0 atom stereocenters. The van der Waals surface area contributed by atoms with Gasteiger partial charge in [-0.2, -0.15) is 0 Å². The highest BCUT2D eigenvalue weighted by Crippen LogP contribution is 2.52. The lowest BCUT2D eigenvalue weighted by Crippen LogP contribution is -2.21. The minimum absolute atomic E-state index is 0.147. The number of hydrogen-bond donors (Lipinski definition) is 2. The Morgan fingerprint density at radius 3 is 2.44 bits per heavy atom. The average molecular weight is 249 g/mol. The van der Waals surface area contributed by atoms with Gasteiger partial charge < -0.3 is 15.1 Å². The van der Waals surface area contributed by atoms with E-state index in [2.05, 4.69) is 0 Å². The summed E-state index contributed by atoms with van der Waals surface area (Å²) >= 11 is 0. The molecule has 2 rings (SSSR count). The quantitative estimate of drug-likeness (QED) is 0.855. The molecule has 0 aliphatic heterocycles. The number of rotatable bonds is 4. The summed E-state index contributed by atoms with van der Waals surface area (Å²) in [4.78, 5) is 13.3. The Kier molecular flexibility index (Phi) is 3.07. The molecule has 0 radical (unpaired) electrons. The van der Waals surface area contributed by atoms with Gasteiger partial charge in [-0.05, 0) is 33.9 Å². The van der Waals surface area contributed by atoms with Crippen LogP contribution in [0.4, 0.5) is 0 Å². The second-order valence-corrected chi connectivity index (χ2v) is 5.45. The van der Waals surface area contributed by atoms with Crippen LogP contribution in [0.15, 0.2) is 12.1 Å². The Bertz CT molecular complexity index is 490. The van der Waals surface area contributed by atoms with Crippen molar-refractivity contribution in [2.45, 2.75) is 31.7 Å². The molecule has 0 aromatic heterocycles. The van der Waals surface area contributed by atoms with E-state index in [9.17, 15) is 15.0 Å². The number of carbonyl (C=O) groups is 1. The number of aryl methyl sites for hydroxylation is 1. The number of benzene rings is 1. The molecular weight excluding hydrogens is 230 g/mol. The molecule has 1 aliphatic carbocycles.